The van der Waals surface area contributed by atoms with Gasteiger partial charge < -0.3 is 10.4 Å². The highest BCUT2D eigenvalue weighted by Gasteiger charge is 2.27. The van der Waals surface area contributed by atoms with Gasteiger partial charge in [-0.3, -0.25) is 0 Å². The van der Waals surface area contributed by atoms with Crippen molar-refractivity contribution in [2.75, 3.05) is 24.7 Å². The van der Waals surface area contributed by atoms with E-state index in [4.69, 9.17) is 5.11 Å². The summed E-state index contributed by atoms with van der Waals surface area (Å²) >= 11 is 1.86. The average molecular weight is 297 g/mol. The zero-order valence-corrected chi connectivity index (χ0v) is 12.9. The van der Waals surface area contributed by atoms with Gasteiger partial charge in [0.2, 0.25) is 0 Å². The number of hydrogen-bond acceptors (Lipinski definition) is 3. The summed E-state index contributed by atoms with van der Waals surface area (Å²) in [7, 11) is 0. The lowest BCUT2D eigenvalue weighted by Crippen LogP contribution is -2.33. The predicted octanol–water partition coefficient (Wildman–Crippen LogP) is 3.15. The van der Waals surface area contributed by atoms with Crippen molar-refractivity contribution in [1.29, 1.82) is 0 Å². The van der Waals surface area contributed by atoms with Crippen LogP contribution in [0.15, 0.2) is 18.2 Å². The van der Waals surface area contributed by atoms with Gasteiger partial charge in [0.15, 0.2) is 0 Å². The van der Waals surface area contributed by atoms with E-state index in [1.807, 2.05) is 17.8 Å². The van der Waals surface area contributed by atoms with Crippen molar-refractivity contribution in [2.45, 2.75) is 32.2 Å². The maximum Gasteiger partial charge on any atom is 0.126 e. The normalized spacial score (nSPS) is 21.8. The molecule has 2 N–H and O–H groups in total. The summed E-state index contributed by atoms with van der Waals surface area (Å²) in [5, 5.41) is 12.3. The Morgan fingerprint density at radius 3 is 3.05 bits per heavy atom. The molecule has 2 unspecified atom stereocenters. The van der Waals surface area contributed by atoms with Gasteiger partial charge in [0, 0.05) is 24.9 Å². The largest absolute Gasteiger partial charge is 0.396 e. The zero-order valence-electron chi connectivity index (χ0n) is 12.1. The molecule has 2 rings (SSSR count). The van der Waals surface area contributed by atoms with Crippen LogP contribution in [0.4, 0.5) is 4.39 Å². The highest BCUT2D eigenvalue weighted by molar-refractivity contribution is 7.99. The molecule has 0 saturated heterocycles. The molecule has 0 heterocycles. The Morgan fingerprint density at radius 2 is 2.25 bits per heavy atom. The molecule has 1 aromatic rings. The molecule has 2 nitrogen and oxygen atoms in total. The second-order valence-electron chi connectivity index (χ2n) is 5.44. The second-order valence-corrected chi connectivity index (χ2v) is 6.67. The number of hydrogen-bond donors (Lipinski definition) is 2. The van der Waals surface area contributed by atoms with Crippen LogP contribution in [0.3, 0.4) is 0 Å². The van der Waals surface area contributed by atoms with Crippen molar-refractivity contribution in [1.82, 2.24) is 5.32 Å². The summed E-state index contributed by atoms with van der Waals surface area (Å²) in [4.78, 5) is 0. The number of fused-ring (bicyclic) bond motifs is 1. The SMILES string of the molecule is CC1CCc2c(F)cccc2C1NCCSCCCO. The predicted molar refractivity (Wildman–Crippen MR) is 83.7 cm³/mol. The van der Waals surface area contributed by atoms with Crippen molar-refractivity contribution >= 4 is 11.8 Å². The van der Waals surface area contributed by atoms with Gasteiger partial charge in [-0.2, -0.15) is 11.8 Å². The van der Waals surface area contributed by atoms with Crippen LogP contribution in [0.2, 0.25) is 0 Å². The third kappa shape index (κ3) is 3.96. The number of aliphatic hydroxyl groups is 1. The smallest absolute Gasteiger partial charge is 0.126 e. The minimum Gasteiger partial charge on any atom is -0.396 e. The van der Waals surface area contributed by atoms with Gasteiger partial charge in [-0.05, 0) is 48.1 Å². The fourth-order valence-electron chi connectivity index (χ4n) is 2.84. The number of aliphatic hydroxyl groups excluding tert-OH is 1. The highest BCUT2D eigenvalue weighted by Crippen LogP contribution is 2.35. The Labute approximate surface area is 125 Å². The lowest BCUT2D eigenvalue weighted by Gasteiger charge is -2.32. The maximum atomic E-state index is 13.8. The van der Waals surface area contributed by atoms with Gasteiger partial charge in [0.1, 0.15) is 5.82 Å². The Bertz CT molecular complexity index is 427. The van der Waals surface area contributed by atoms with Crippen LogP contribution < -0.4 is 5.32 Å². The Kier molecular flexibility index (Phi) is 6.33. The maximum absolute atomic E-state index is 13.8. The molecular weight excluding hydrogens is 273 g/mol. The van der Waals surface area contributed by atoms with Crippen molar-refractivity contribution in [2.24, 2.45) is 5.92 Å². The molecule has 0 aromatic heterocycles. The first kappa shape index (κ1) is 15.8. The van der Waals surface area contributed by atoms with Crippen LogP contribution in [0.1, 0.15) is 36.9 Å². The molecule has 0 saturated carbocycles. The second kappa shape index (κ2) is 8.01. The van der Waals surface area contributed by atoms with E-state index in [0.717, 1.165) is 48.4 Å². The van der Waals surface area contributed by atoms with E-state index in [0.29, 0.717) is 5.92 Å². The molecule has 0 fully saturated rings. The minimum absolute atomic E-state index is 0.0569. The first-order valence-electron chi connectivity index (χ1n) is 7.43. The van der Waals surface area contributed by atoms with E-state index in [2.05, 4.69) is 18.3 Å². The molecule has 0 spiro atoms. The van der Waals surface area contributed by atoms with Crippen molar-refractivity contribution in [3.63, 3.8) is 0 Å². The first-order chi connectivity index (χ1) is 9.74. The molecule has 0 bridgehead atoms. The topological polar surface area (TPSA) is 32.3 Å². The summed E-state index contributed by atoms with van der Waals surface area (Å²) in [6, 6.07) is 5.71. The first-order valence-corrected chi connectivity index (χ1v) is 8.58. The molecular formula is C16H24FNOS. The van der Waals surface area contributed by atoms with E-state index in [9.17, 15) is 4.39 Å². The molecule has 0 amide bonds. The number of nitrogens with one attached hydrogen (secondary N) is 1. The molecule has 0 aliphatic heterocycles. The van der Waals surface area contributed by atoms with E-state index >= 15 is 0 Å². The van der Waals surface area contributed by atoms with Crippen molar-refractivity contribution in [3.8, 4) is 0 Å². The van der Waals surface area contributed by atoms with E-state index < -0.39 is 0 Å². The van der Waals surface area contributed by atoms with Crippen LogP contribution in [-0.2, 0) is 6.42 Å². The lowest BCUT2D eigenvalue weighted by atomic mass is 9.80. The molecule has 1 aliphatic carbocycles. The molecule has 0 radical (unpaired) electrons. The van der Waals surface area contributed by atoms with Gasteiger partial charge in [-0.15, -0.1) is 0 Å². The van der Waals surface area contributed by atoms with Gasteiger partial charge >= 0.3 is 0 Å². The third-order valence-corrected chi connectivity index (χ3v) is 5.04. The zero-order chi connectivity index (χ0) is 14.4. The van der Waals surface area contributed by atoms with Crippen LogP contribution in [0.25, 0.3) is 0 Å². The number of rotatable bonds is 7. The molecule has 1 aromatic carbocycles. The molecule has 4 heteroatoms. The monoisotopic (exact) mass is 297 g/mol. The van der Waals surface area contributed by atoms with E-state index in [1.165, 1.54) is 0 Å². The molecule has 20 heavy (non-hydrogen) atoms. The fourth-order valence-corrected chi connectivity index (χ4v) is 3.64. The number of halogens is 1. The quantitative estimate of drug-likeness (QED) is 0.758. The summed E-state index contributed by atoms with van der Waals surface area (Å²) in [5.74, 6) is 2.53. The number of benzene rings is 1. The fraction of sp³-hybridized carbons (Fsp3) is 0.625. The van der Waals surface area contributed by atoms with Crippen LogP contribution >= 0.6 is 11.8 Å². The van der Waals surface area contributed by atoms with Crippen molar-refractivity contribution < 1.29 is 9.50 Å². The third-order valence-electron chi connectivity index (χ3n) is 3.97. The lowest BCUT2D eigenvalue weighted by molar-refractivity contribution is 0.296. The summed E-state index contributed by atoms with van der Waals surface area (Å²) in [6.07, 6.45) is 2.76. The summed E-state index contributed by atoms with van der Waals surface area (Å²) in [5.41, 5.74) is 2.04. The van der Waals surface area contributed by atoms with Crippen LogP contribution in [-0.4, -0.2) is 29.8 Å². The van der Waals surface area contributed by atoms with Crippen LogP contribution in [0.5, 0.6) is 0 Å². The minimum atomic E-state index is -0.0569. The summed E-state index contributed by atoms with van der Waals surface area (Å²) < 4.78 is 13.8. The highest BCUT2D eigenvalue weighted by atomic mass is 32.2. The van der Waals surface area contributed by atoms with Gasteiger partial charge in [-0.25, -0.2) is 4.39 Å². The standard InChI is InChI=1S/C16H24FNOS/c1-12-6-7-13-14(4-2-5-15(13)17)16(12)18-8-11-20-10-3-9-19/h2,4-5,12,16,18-19H,3,6-11H2,1H3. The van der Waals surface area contributed by atoms with E-state index in [-0.39, 0.29) is 18.5 Å². The van der Waals surface area contributed by atoms with Gasteiger partial charge in [0.25, 0.3) is 0 Å². The molecule has 2 atom stereocenters. The Hall–Kier alpha value is -0.580. The molecule has 112 valence electrons. The van der Waals surface area contributed by atoms with Gasteiger partial charge in [0.05, 0.1) is 0 Å². The van der Waals surface area contributed by atoms with Gasteiger partial charge in [-0.1, -0.05) is 19.1 Å². The van der Waals surface area contributed by atoms with Crippen LogP contribution in [0, 0.1) is 11.7 Å². The Morgan fingerprint density at radius 1 is 1.40 bits per heavy atom. The summed E-state index contributed by atoms with van der Waals surface area (Å²) in [6.45, 7) is 3.44. The van der Waals surface area contributed by atoms with E-state index in [1.54, 1.807) is 6.07 Å². The Balaban J connectivity index is 1.89. The van der Waals surface area contributed by atoms with Crippen molar-refractivity contribution in [3.05, 3.63) is 35.1 Å². The average Bonchev–Trinajstić information content (AvgIpc) is 2.45. The molecule has 1 aliphatic rings. The number of thioether (sulfide) groups is 1.